The quantitative estimate of drug-likeness (QED) is 0.721. The average molecular weight is 207 g/mol. The highest BCUT2D eigenvalue weighted by atomic mass is 32.1. The summed E-state index contributed by atoms with van der Waals surface area (Å²) in [6.45, 7) is 0. The van der Waals surface area contributed by atoms with Gasteiger partial charge in [-0.1, -0.05) is 6.07 Å². The van der Waals surface area contributed by atoms with Gasteiger partial charge in [-0.3, -0.25) is 0 Å². The lowest BCUT2D eigenvalue weighted by atomic mass is 10.3. The molecule has 0 bridgehead atoms. The minimum atomic E-state index is 0.327. The molecule has 2 aromatic rings. The SMILES string of the molecule is O=CCc1coc(Cc2cccs2)n1. The summed E-state index contributed by atoms with van der Waals surface area (Å²) in [7, 11) is 0. The van der Waals surface area contributed by atoms with Crippen molar-refractivity contribution in [2.24, 2.45) is 0 Å². The van der Waals surface area contributed by atoms with Crippen LogP contribution in [0, 0.1) is 0 Å². The van der Waals surface area contributed by atoms with Gasteiger partial charge in [-0.25, -0.2) is 4.98 Å². The standard InChI is InChI=1S/C10H9NO2S/c12-4-3-8-7-13-10(11-8)6-9-2-1-5-14-9/h1-2,4-5,7H,3,6H2. The maximum Gasteiger partial charge on any atom is 0.199 e. The average Bonchev–Trinajstić information content (AvgIpc) is 2.79. The zero-order valence-electron chi connectivity index (χ0n) is 7.47. The molecule has 0 aromatic carbocycles. The highest BCUT2D eigenvalue weighted by Gasteiger charge is 2.04. The number of hydrogen-bond donors (Lipinski definition) is 0. The lowest BCUT2D eigenvalue weighted by molar-refractivity contribution is -0.107. The third-order valence-electron chi connectivity index (χ3n) is 1.80. The first kappa shape index (κ1) is 9.15. The maximum absolute atomic E-state index is 10.2. The molecule has 2 rings (SSSR count). The lowest BCUT2D eigenvalue weighted by Gasteiger charge is -1.89. The second-order valence-electron chi connectivity index (χ2n) is 2.86. The second-order valence-corrected chi connectivity index (χ2v) is 3.89. The van der Waals surface area contributed by atoms with Crippen molar-refractivity contribution in [2.45, 2.75) is 12.8 Å². The molecule has 0 unspecified atom stereocenters. The van der Waals surface area contributed by atoms with E-state index >= 15 is 0 Å². The molecule has 0 aliphatic carbocycles. The molecule has 4 heteroatoms. The molecule has 0 fully saturated rings. The fourth-order valence-electron chi connectivity index (χ4n) is 1.17. The normalized spacial score (nSPS) is 10.3. The van der Waals surface area contributed by atoms with Crippen molar-refractivity contribution in [1.82, 2.24) is 4.98 Å². The number of rotatable bonds is 4. The number of carbonyl (C=O) groups is 1. The highest BCUT2D eigenvalue weighted by molar-refractivity contribution is 7.09. The summed E-state index contributed by atoms with van der Waals surface area (Å²) in [6, 6.07) is 4.03. The van der Waals surface area contributed by atoms with E-state index in [1.807, 2.05) is 17.5 Å². The predicted octanol–water partition coefficient (Wildman–Crippen LogP) is 2.07. The summed E-state index contributed by atoms with van der Waals surface area (Å²) in [5, 5.41) is 2.02. The lowest BCUT2D eigenvalue weighted by Crippen LogP contribution is -1.88. The van der Waals surface area contributed by atoms with Crippen molar-refractivity contribution in [3.63, 3.8) is 0 Å². The monoisotopic (exact) mass is 207 g/mol. The van der Waals surface area contributed by atoms with Gasteiger partial charge in [0.25, 0.3) is 0 Å². The largest absolute Gasteiger partial charge is 0.448 e. The summed E-state index contributed by atoms with van der Waals surface area (Å²) >= 11 is 1.67. The van der Waals surface area contributed by atoms with Crippen LogP contribution in [-0.2, 0) is 17.6 Å². The molecule has 3 nitrogen and oxygen atoms in total. The van der Waals surface area contributed by atoms with Crippen LogP contribution in [0.1, 0.15) is 16.5 Å². The number of nitrogens with zero attached hydrogens (tertiary/aromatic N) is 1. The summed E-state index contributed by atoms with van der Waals surface area (Å²) < 4.78 is 5.23. The predicted molar refractivity (Wildman–Crippen MR) is 53.4 cm³/mol. The van der Waals surface area contributed by atoms with E-state index in [-0.39, 0.29) is 0 Å². The molecule has 0 radical (unpaired) electrons. The molecule has 0 N–H and O–H groups in total. The van der Waals surface area contributed by atoms with E-state index in [0.29, 0.717) is 24.4 Å². The Kier molecular flexibility index (Phi) is 2.74. The summed E-state index contributed by atoms with van der Waals surface area (Å²) in [4.78, 5) is 15.6. The van der Waals surface area contributed by atoms with Gasteiger partial charge in [0.15, 0.2) is 5.89 Å². The van der Waals surface area contributed by atoms with Crippen molar-refractivity contribution in [3.05, 3.63) is 40.2 Å². The van der Waals surface area contributed by atoms with Crippen LogP contribution in [0.15, 0.2) is 28.2 Å². The number of oxazole rings is 1. The molecule has 72 valence electrons. The van der Waals surface area contributed by atoms with Crippen molar-refractivity contribution in [3.8, 4) is 0 Å². The Morgan fingerprint density at radius 1 is 1.57 bits per heavy atom. The number of aldehydes is 1. The molecule has 0 saturated heterocycles. The third-order valence-corrected chi connectivity index (χ3v) is 2.67. The first-order valence-electron chi connectivity index (χ1n) is 4.28. The van der Waals surface area contributed by atoms with Gasteiger partial charge in [0.05, 0.1) is 12.1 Å². The molecule has 0 aliphatic heterocycles. The van der Waals surface area contributed by atoms with E-state index in [1.165, 1.54) is 11.1 Å². The zero-order chi connectivity index (χ0) is 9.80. The molecule has 0 atom stereocenters. The van der Waals surface area contributed by atoms with E-state index in [0.717, 1.165) is 6.29 Å². The molecular formula is C10H9NO2S. The van der Waals surface area contributed by atoms with Crippen LogP contribution in [0.4, 0.5) is 0 Å². The van der Waals surface area contributed by atoms with Crippen LogP contribution in [0.3, 0.4) is 0 Å². The van der Waals surface area contributed by atoms with Crippen LogP contribution < -0.4 is 0 Å². The topological polar surface area (TPSA) is 43.1 Å². The van der Waals surface area contributed by atoms with Gasteiger partial charge in [-0.15, -0.1) is 11.3 Å². The Labute approximate surface area is 85.4 Å². The van der Waals surface area contributed by atoms with E-state index in [2.05, 4.69) is 4.98 Å². The van der Waals surface area contributed by atoms with Gasteiger partial charge in [-0.05, 0) is 11.4 Å². The Morgan fingerprint density at radius 2 is 2.50 bits per heavy atom. The maximum atomic E-state index is 10.2. The zero-order valence-corrected chi connectivity index (χ0v) is 8.29. The number of carbonyl (C=O) groups excluding carboxylic acids is 1. The van der Waals surface area contributed by atoms with Gasteiger partial charge < -0.3 is 9.21 Å². The third kappa shape index (κ3) is 2.09. The molecular weight excluding hydrogens is 198 g/mol. The molecule has 0 amide bonds. The minimum absolute atomic E-state index is 0.327. The van der Waals surface area contributed by atoms with Crippen molar-refractivity contribution in [2.75, 3.05) is 0 Å². The Bertz CT molecular complexity index is 405. The molecule has 14 heavy (non-hydrogen) atoms. The first-order valence-corrected chi connectivity index (χ1v) is 5.16. The van der Waals surface area contributed by atoms with Crippen molar-refractivity contribution < 1.29 is 9.21 Å². The fourth-order valence-corrected chi connectivity index (χ4v) is 1.87. The van der Waals surface area contributed by atoms with Crippen LogP contribution in [0.25, 0.3) is 0 Å². The highest BCUT2D eigenvalue weighted by Crippen LogP contribution is 2.14. The minimum Gasteiger partial charge on any atom is -0.448 e. The van der Waals surface area contributed by atoms with Crippen molar-refractivity contribution >= 4 is 17.6 Å². The Hall–Kier alpha value is -1.42. The molecule has 0 saturated carbocycles. The van der Waals surface area contributed by atoms with Gasteiger partial charge >= 0.3 is 0 Å². The van der Waals surface area contributed by atoms with Gasteiger partial charge in [0, 0.05) is 11.3 Å². The van der Waals surface area contributed by atoms with E-state index in [9.17, 15) is 4.79 Å². The van der Waals surface area contributed by atoms with Gasteiger partial charge in [0.2, 0.25) is 0 Å². The van der Waals surface area contributed by atoms with Gasteiger partial charge in [-0.2, -0.15) is 0 Å². The van der Waals surface area contributed by atoms with Crippen LogP contribution in [0.5, 0.6) is 0 Å². The first-order chi connectivity index (χ1) is 6.88. The van der Waals surface area contributed by atoms with Gasteiger partial charge in [0.1, 0.15) is 12.5 Å². The molecule has 2 heterocycles. The number of hydrogen-bond acceptors (Lipinski definition) is 4. The molecule has 2 aromatic heterocycles. The van der Waals surface area contributed by atoms with E-state index in [1.54, 1.807) is 11.3 Å². The fraction of sp³-hybridized carbons (Fsp3) is 0.200. The Morgan fingerprint density at radius 3 is 3.21 bits per heavy atom. The van der Waals surface area contributed by atoms with E-state index in [4.69, 9.17) is 4.42 Å². The molecule has 0 aliphatic rings. The number of thiophene rings is 1. The van der Waals surface area contributed by atoms with Crippen molar-refractivity contribution in [1.29, 1.82) is 0 Å². The number of aromatic nitrogens is 1. The van der Waals surface area contributed by atoms with E-state index < -0.39 is 0 Å². The Balaban J connectivity index is 2.06. The summed E-state index contributed by atoms with van der Waals surface area (Å²) in [5.74, 6) is 0.671. The van der Waals surface area contributed by atoms with Crippen LogP contribution in [-0.4, -0.2) is 11.3 Å². The second kappa shape index (κ2) is 4.19. The molecule has 0 spiro atoms. The smallest absolute Gasteiger partial charge is 0.199 e. The summed E-state index contributed by atoms with van der Waals surface area (Å²) in [6.07, 6.45) is 3.40. The van der Waals surface area contributed by atoms with Crippen LogP contribution >= 0.6 is 11.3 Å². The van der Waals surface area contributed by atoms with Crippen LogP contribution in [0.2, 0.25) is 0 Å². The summed E-state index contributed by atoms with van der Waals surface area (Å²) in [5.41, 5.74) is 0.701.